The lowest BCUT2D eigenvalue weighted by Crippen LogP contribution is -1.94. The first-order chi connectivity index (χ1) is 9.24. The minimum Gasteiger partial charge on any atom is -0.497 e. The van der Waals surface area contributed by atoms with Crippen LogP contribution in [0.3, 0.4) is 0 Å². The van der Waals surface area contributed by atoms with E-state index in [1.165, 1.54) is 18.7 Å². The first-order valence-electron chi connectivity index (χ1n) is 6.16. The van der Waals surface area contributed by atoms with Crippen LogP contribution in [0.1, 0.15) is 5.56 Å². The molecule has 19 heavy (non-hydrogen) atoms. The summed E-state index contributed by atoms with van der Waals surface area (Å²) in [6.07, 6.45) is 0.863. The van der Waals surface area contributed by atoms with E-state index in [9.17, 15) is 4.39 Å². The molecule has 0 unspecified atom stereocenters. The summed E-state index contributed by atoms with van der Waals surface area (Å²) in [5.41, 5.74) is 2.62. The third-order valence-electron chi connectivity index (χ3n) is 3.04. The second-order valence-corrected chi connectivity index (χ2v) is 4.29. The molecule has 2 aromatic carbocycles. The Morgan fingerprint density at radius 2 is 1.74 bits per heavy atom. The average Bonchev–Trinajstić information content (AvgIpc) is 2.45. The molecule has 0 bridgehead atoms. The Balaban J connectivity index is 2.22. The molecule has 0 radical (unpaired) electrons. The van der Waals surface area contributed by atoms with Crippen molar-refractivity contribution >= 4 is 0 Å². The van der Waals surface area contributed by atoms with E-state index in [2.05, 4.69) is 0 Å². The highest BCUT2D eigenvalue weighted by Crippen LogP contribution is 2.26. The van der Waals surface area contributed by atoms with Gasteiger partial charge in [-0.3, -0.25) is 0 Å². The van der Waals surface area contributed by atoms with Gasteiger partial charge in [-0.2, -0.15) is 0 Å². The number of ether oxygens (including phenoxy) is 2. The molecule has 0 amide bonds. The third-order valence-corrected chi connectivity index (χ3v) is 3.04. The van der Waals surface area contributed by atoms with Crippen LogP contribution >= 0.6 is 0 Å². The summed E-state index contributed by atoms with van der Waals surface area (Å²) in [6, 6.07) is 12.7. The van der Waals surface area contributed by atoms with E-state index in [1.807, 2.05) is 24.3 Å². The van der Waals surface area contributed by atoms with Gasteiger partial charge in [0.25, 0.3) is 0 Å². The monoisotopic (exact) mass is 260 g/mol. The maximum absolute atomic E-state index is 13.9. The fourth-order valence-corrected chi connectivity index (χ4v) is 1.93. The maximum Gasteiger partial charge on any atom is 0.134 e. The summed E-state index contributed by atoms with van der Waals surface area (Å²) in [4.78, 5) is 0. The first kappa shape index (κ1) is 13.6. The highest BCUT2D eigenvalue weighted by atomic mass is 19.1. The minimum absolute atomic E-state index is 0.274. The quantitative estimate of drug-likeness (QED) is 0.816. The summed E-state index contributed by atoms with van der Waals surface area (Å²) < 4.78 is 24.0. The molecule has 100 valence electrons. The van der Waals surface area contributed by atoms with Crippen LogP contribution < -0.4 is 4.74 Å². The predicted octanol–water partition coefficient (Wildman–Crippen LogP) is 3.69. The molecule has 0 N–H and O–H groups in total. The zero-order valence-corrected chi connectivity index (χ0v) is 11.2. The number of benzene rings is 2. The minimum atomic E-state index is -0.274. The Bertz CT molecular complexity index is 535. The SMILES string of the molecule is COCCc1ccc(-c2ccc(OC)cc2F)cc1. The summed E-state index contributed by atoms with van der Waals surface area (Å²) in [5, 5.41) is 0. The molecule has 0 aromatic heterocycles. The summed E-state index contributed by atoms with van der Waals surface area (Å²) in [5.74, 6) is 0.252. The van der Waals surface area contributed by atoms with Gasteiger partial charge < -0.3 is 9.47 Å². The molecule has 0 saturated heterocycles. The lowest BCUT2D eigenvalue weighted by Gasteiger charge is -2.07. The van der Waals surface area contributed by atoms with Crippen molar-refractivity contribution in [3.63, 3.8) is 0 Å². The number of methoxy groups -OCH3 is 2. The van der Waals surface area contributed by atoms with Crippen molar-refractivity contribution < 1.29 is 13.9 Å². The van der Waals surface area contributed by atoms with Gasteiger partial charge in [0.2, 0.25) is 0 Å². The van der Waals surface area contributed by atoms with Crippen LogP contribution in [-0.2, 0) is 11.2 Å². The molecule has 0 atom stereocenters. The Kier molecular flexibility index (Phi) is 4.53. The standard InChI is InChI=1S/C16H17FO2/c1-18-10-9-12-3-5-13(6-4-12)15-8-7-14(19-2)11-16(15)17/h3-8,11H,9-10H2,1-2H3. The zero-order valence-electron chi connectivity index (χ0n) is 11.2. The van der Waals surface area contributed by atoms with Crippen LogP contribution in [0, 0.1) is 5.82 Å². The molecule has 0 aliphatic heterocycles. The van der Waals surface area contributed by atoms with E-state index in [0.29, 0.717) is 17.9 Å². The molecule has 2 aromatic rings. The molecule has 2 nitrogen and oxygen atoms in total. The summed E-state index contributed by atoms with van der Waals surface area (Å²) in [6.45, 7) is 0.691. The van der Waals surface area contributed by atoms with Crippen LogP contribution in [0.25, 0.3) is 11.1 Å². The Hall–Kier alpha value is -1.87. The van der Waals surface area contributed by atoms with Crippen molar-refractivity contribution in [2.24, 2.45) is 0 Å². The Labute approximate surface area is 112 Å². The lowest BCUT2D eigenvalue weighted by molar-refractivity contribution is 0.202. The van der Waals surface area contributed by atoms with Crippen LogP contribution in [0.5, 0.6) is 5.75 Å². The summed E-state index contributed by atoms with van der Waals surface area (Å²) in [7, 11) is 3.21. The fourth-order valence-electron chi connectivity index (χ4n) is 1.93. The molecule has 3 heteroatoms. The highest BCUT2D eigenvalue weighted by molar-refractivity contribution is 5.65. The van der Waals surface area contributed by atoms with Crippen LogP contribution in [0.4, 0.5) is 4.39 Å². The van der Waals surface area contributed by atoms with Crippen LogP contribution in [0.2, 0.25) is 0 Å². The first-order valence-corrected chi connectivity index (χ1v) is 6.16. The van der Waals surface area contributed by atoms with Crippen molar-refractivity contribution in [2.45, 2.75) is 6.42 Å². The largest absolute Gasteiger partial charge is 0.497 e. The normalized spacial score (nSPS) is 10.5. The van der Waals surface area contributed by atoms with Crippen molar-refractivity contribution in [1.29, 1.82) is 0 Å². The van der Waals surface area contributed by atoms with Crippen LogP contribution in [0.15, 0.2) is 42.5 Å². The zero-order chi connectivity index (χ0) is 13.7. The third kappa shape index (κ3) is 3.32. The van der Waals surface area contributed by atoms with Gasteiger partial charge in [-0.25, -0.2) is 4.39 Å². The van der Waals surface area contributed by atoms with Gasteiger partial charge in [0.1, 0.15) is 11.6 Å². The van der Waals surface area contributed by atoms with Gasteiger partial charge >= 0.3 is 0 Å². The van der Waals surface area contributed by atoms with E-state index in [1.54, 1.807) is 19.2 Å². The highest BCUT2D eigenvalue weighted by Gasteiger charge is 2.06. The smallest absolute Gasteiger partial charge is 0.134 e. The number of hydrogen-bond acceptors (Lipinski definition) is 2. The van der Waals surface area contributed by atoms with Gasteiger partial charge in [-0.1, -0.05) is 24.3 Å². The van der Waals surface area contributed by atoms with E-state index in [4.69, 9.17) is 9.47 Å². The van der Waals surface area contributed by atoms with Crippen molar-refractivity contribution in [2.75, 3.05) is 20.8 Å². The van der Waals surface area contributed by atoms with Gasteiger partial charge in [-0.05, 0) is 29.7 Å². The molecule has 0 aliphatic rings. The van der Waals surface area contributed by atoms with Gasteiger partial charge in [0, 0.05) is 18.7 Å². The molecule has 2 rings (SSSR count). The van der Waals surface area contributed by atoms with Crippen molar-refractivity contribution in [3.05, 3.63) is 53.8 Å². The molecule has 0 fully saturated rings. The molecule has 0 spiro atoms. The molecule has 0 aliphatic carbocycles. The Morgan fingerprint density at radius 3 is 2.32 bits per heavy atom. The van der Waals surface area contributed by atoms with E-state index in [-0.39, 0.29) is 5.82 Å². The van der Waals surface area contributed by atoms with E-state index < -0.39 is 0 Å². The lowest BCUT2D eigenvalue weighted by atomic mass is 10.0. The number of halogens is 1. The second kappa shape index (κ2) is 6.34. The number of hydrogen-bond donors (Lipinski definition) is 0. The van der Waals surface area contributed by atoms with Crippen molar-refractivity contribution in [3.8, 4) is 16.9 Å². The molecular weight excluding hydrogens is 243 g/mol. The maximum atomic E-state index is 13.9. The fraction of sp³-hybridized carbons (Fsp3) is 0.250. The van der Waals surface area contributed by atoms with Gasteiger partial charge in [0.15, 0.2) is 0 Å². The topological polar surface area (TPSA) is 18.5 Å². The Morgan fingerprint density at radius 1 is 1.00 bits per heavy atom. The second-order valence-electron chi connectivity index (χ2n) is 4.29. The molecule has 0 heterocycles. The summed E-state index contributed by atoms with van der Waals surface area (Å²) >= 11 is 0. The number of rotatable bonds is 5. The van der Waals surface area contributed by atoms with Gasteiger partial charge in [0.05, 0.1) is 13.7 Å². The van der Waals surface area contributed by atoms with E-state index >= 15 is 0 Å². The molecular formula is C16H17FO2. The molecule has 0 saturated carbocycles. The van der Waals surface area contributed by atoms with Crippen molar-refractivity contribution in [1.82, 2.24) is 0 Å². The predicted molar refractivity (Wildman–Crippen MR) is 74.0 cm³/mol. The van der Waals surface area contributed by atoms with E-state index in [0.717, 1.165) is 12.0 Å². The van der Waals surface area contributed by atoms with Crippen LogP contribution in [-0.4, -0.2) is 20.8 Å². The average molecular weight is 260 g/mol. The van der Waals surface area contributed by atoms with Gasteiger partial charge in [-0.15, -0.1) is 0 Å².